The maximum Gasteiger partial charge on any atom is 0.234 e. The molecule has 1 amide bonds. The van der Waals surface area contributed by atoms with Crippen LogP contribution in [0.4, 0.5) is 0 Å². The van der Waals surface area contributed by atoms with Crippen molar-refractivity contribution in [1.29, 1.82) is 0 Å². The number of furan rings is 1. The Balaban J connectivity index is 1.93. The highest BCUT2D eigenvalue weighted by atomic mass is 32.2. The van der Waals surface area contributed by atoms with Gasteiger partial charge in [-0.1, -0.05) is 12.1 Å². The van der Waals surface area contributed by atoms with Crippen molar-refractivity contribution in [2.24, 2.45) is 0 Å². The van der Waals surface area contributed by atoms with Crippen LogP contribution in [-0.2, 0) is 11.3 Å². The van der Waals surface area contributed by atoms with E-state index in [2.05, 4.69) is 0 Å². The predicted octanol–water partition coefficient (Wildman–Crippen LogP) is 3.38. The fourth-order valence-electron chi connectivity index (χ4n) is 2.73. The highest BCUT2D eigenvalue weighted by Crippen LogP contribution is 2.46. The maximum absolute atomic E-state index is 12.3. The summed E-state index contributed by atoms with van der Waals surface area (Å²) >= 11 is 1.59. The van der Waals surface area contributed by atoms with Crippen LogP contribution in [0.15, 0.2) is 34.7 Å². The number of ether oxygens (including phenoxy) is 2. The maximum atomic E-state index is 12.3. The van der Waals surface area contributed by atoms with Crippen molar-refractivity contribution < 1.29 is 18.7 Å². The van der Waals surface area contributed by atoms with Gasteiger partial charge < -0.3 is 18.8 Å². The quantitative estimate of drug-likeness (QED) is 0.839. The molecule has 1 aromatic carbocycles. The summed E-state index contributed by atoms with van der Waals surface area (Å²) in [6.07, 6.45) is 0. The lowest BCUT2D eigenvalue weighted by Gasteiger charge is -2.25. The number of carbonyl (C=O) groups excluding carboxylic acids is 1. The van der Waals surface area contributed by atoms with E-state index in [1.807, 2.05) is 42.2 Å². The van der Waals surface area contributed by atoms with E-state index >= 15 is 0 Å². The molecule has 2 aromatic rings. The van der Waals surface area contributed by atoms with Gasteiger partial charge in [0.2, 0.25) is 5.91 Å². The summed E-state index contributed by atoms with van der Waals surface area (Å²) in [5.74, 6) is 3.51. The van der Waals surface area contributed by atoms with E-state index in [-0.39, 0.29) is 11.3 Å². The van der Waals surface area contributed by atoms with E-state index in [4.69, 9.17) is 13.9 Å². The molecule has 1 saturated heterocycles. The van der Waals surface area contributed by atoms with Crippen LogP contribution >= 0.6 is 11.8 Å². The fourth-order valence-corrected chi connectivity index (χ4v) is 3.93. The summed E-state index contributed by atoms with van der Waals surface area (Å²) in [5.41, 5.74) is 0.936. The Morgan fingerprint density at radius 3 is 2.74 bits per heavy atom. The molecule has 1 aliphatic rings. The molecule has 3 rings (SSSR count). The number of aryl methyl sites for hydroxylation is 1. The van der Waals surface area contributed by atoms with Gasteiger partial charge in [0.1, 0.15) is 16.9 Å². The average Bonchev–Trinajstić information content (AvgIpc) is 3.13. The molecule has 1 fully saturated rings. The van der Waals surface area contributed by atoms with Crippen molar-refractivity contribution >= 4 is 17.7 Å². The first-order valence-electron chi connectivity index (χ1n) is 7.31. The summed E-state index contributed by atoms with van der Waals surface area (Å²) in [6, 6.07) is 9.55. The zero-order valence-electron chi connectivity index (χ0n) is 13.4. The minimum Gasteiger partial charge on any atom is -0.493 e. The first-order valence-corrected chi connectivity index (χ1v) is 8.36. The van der Waals surface area contributed by atoms with E-state index in [1.54, 1.807) is 26.0 Å². The van der Waals surface area contributed by atoms with Crippen molar-refractivity contribution in [1.82, 2.24) is 4.90 Å². The monoisotopic (exact) mass is 333 g/mol. The second-order valence-electron chi connectivity index (χ2n) is 5.28. The molecule has 0 N–H and O–H groups in total. The molecule has 1 aliphatic heterocycles. The fraction of sp³-hybridized carbons (Fsp3) is 0.353. The molecule has 0 radical (unpaired) electrons. The van der Waals surface area contributed by atoms with Crippen LogP contribution in [0.3, 0.4) is 0 Å². The Bertz CT molecular complexity index is 712. The standard InChI is InChI=1S/C17H19NO4S/c1-11-7-8-12(22-11)9-18-15(19)10-23-17(18)13-5-4-6-14(20-2)16(13)21-3/h4-8,17H,9-10H2,1-3H3. The van der Waals surface area contributed by atoms with Crippen molar-refractivity contribution in [3.8, 4) is 11.5 Å². The van der Waals surface area contributed by atoms with Crippen molar-refractivity contribution in [3.63, 3.8) is 0 Å². The largest absolute Gasteiger partial charge is 0.493 e. The zero-order valence-corrected chi connectivity index (χ0v) is 14.2. The van der Waals surface area contributed by atoms with Crippen LogP contribution in [0.1, 0.15) is 22.5 Å². The third-order valence-electron chi connectivity index (χ3n) is 3.79. The first-order chi connectivity index (χ1) is 11.1. The number of hydrogen-bond acceptors (Lipinski definition) is 5. The highest BCUT2D eigenvalue weighted by Gasteiger charge is 2.35. The molecule has 0 bridgehead atoms. The molecule has 0 saturated carbocycles. The van der Waals surface area contributed by atoms with Crippen LogP contribution in [0.25, 0.3) is 0 Å². The number of benzene rings is 1. The van der Waals surface area contributed by atoms with Crippen LogP contribution in [0.5, 0.6) is 11.5 Å². The molecular formula is C17H19NO4S. The number of nitrogens with zero attached hydrogens (tertiary/aromatic N) is 1. The Morgan fingerprint density at radius 2 is 2.09 bits per heavy atom. The molecule has 2 heterocycles. The van der Waals surface area contributed by atoms with Gasteiger partial charge in [0.05, 0.1) is 26.5 Å². The Kier molecular flexibility index (Phi) is 4.52. The van der Waals surface area contributed by atoms with Gasteiger partial charge in [-0.05, 0) is 25.1 Å². The lowest BCUT2D eigenvalue weighted by atomic mass is 10.1. The summed E-state index contributed by atoms with van der Waals surface area (Å²) in [6.45, 7) is 2.34. The van der Waals surface area contributed by atoms with E-state index in [9.17, 15) is 4.79 Å². The Labute approximate surface area is 139 Å². The number of rotatable bonds is 5. The second kappa shape index (κ2) is 6.58. The molecule has 5 nitrogen and oxygen atoms in total. The molecule has 122 valence electrons. The second-order valence-corrected chi connectivity index (χ2v) is 6.35. The van der Waals surface area contributed by atoms with Gasteiger partial charge in [-0.3, -0.25) is 4.79 Å². The molecule has 23 heavy (non-hydrogen) atoms. The van der Waals surface area contributed by atoms with Gasteiger partial charge in [-0.2, -0.15) is 0 Å². The van der Waals surface area contributed by atoms with Crippen LogP contribution in [0.2, 0.25) is 0 Å². The van der Waals surface area contributed by atoms with Gasteiger partial charge in [0.15, 0.2) is 11.5 Å². The topological polar surface area (TPSA) is 51.9 Å². The summed E-state index contributed by atoms with van der Waals surface area (Å²) in [7, 11) is 3.22. The predicted molar refractivity (Wildman–Crippen MR) is 88.7 cm³/mol. The number of para-hydroxylation sites is 1. The first kappa shape index (κ1) is 15.8. The van der Waals surface area contributed by atoms with Crippen LogP contribution in [0, 0.1) is 6.92 Å². The SMILES string of the molecule is COc1cccc(C2SCC(=O)N2Cc2ccc(C)o2)c1OC. The normalized spacial score (nSPS) is 17.6. The average molecular weight is 333 g/mol. The van der Waals surface area contributed by atoms with Gasteiger partial charge in [-0.25, -0.2) is 0 Å². The minimum atomic E-state index is -0.113. The van der Waals surface area contributed by atoms with Gasteiger partial charge in [0.25, 0.3) is 0 Å². The van der Waals surface area contributed by atoms with Crippen molar-refractivity contribution in [2.75, 3.05) is 20.0 Å². The molecule has 1 unspecified atom stereocenters. The third-order valence-corrected chi connectivity index (χ3v) is 5.03. The number of carbonyl (C=O) groups is 1. The van der Waals surface area contributed by atoms with Gasteiger partial charge in [0, 0.05) is 5.56 Å². The molecule has 1 atom stereocenters. The summed E-state index contributed by atoms with van der Waals surface area (Å²) < 4.78 is 16.5. The lowest BCUT2D eigenvalue weighted by molar-refractivity contribution is -0.128. The van der Waals surface area contributed by atoms with E-state index < -0.39 is 0 Å². The number of hydrogen-bond donors (Lipinski definition) is 0. The Morgan fingerprint density at radius 1 is 1.26 bits per heavy atom. The lowest BCUT2D eigenvalue weighted by Crippen LogP contribution is -2.27. The Hall–Kier alpha value is -2.08. The number of thioether (sulfide) groups is 1. The summed E-state index contributed by atoms with van der Waals surface area (Å²) in [4.78, 5) is 14.1. The van der Waals surface area contributed by atoms with Crippen molar-refractivity contribution in [2.45, 2.75) is 18.8 Å². The molecule has 6 heteroatoms. The molecule has 0 aliphatic carbocycles. The molecule has 0 spiro atoms. The highest BCUT2D eigenvalue weighted by molar-refractivity contribution is 8.00. The van der Waals surface area contributed by atoms with Crippen LogP contribution in [-0.4, -0.2) is 30.8 Å². The smallest absolute Gasteiger partial charge is 0.234 e. The zero-order chi connectivity index (χ0) is 16.4. The van der Waals surface area contributed by atoms with E-state index in [0.717, 1.165) is 17.1 Å². The molecular weight excluding hydrogens is 314 g/mol. The summed E-state index contributed by atoms with van der Waals surface area (Å²) in [5, 5.41) is -0.113. The van der Waals surface area contributed by atoms with Gasteiger partial charge in [-0.15, -0.1) is 11.8 Å². The number of amides is 1. The third kappa shape index (κ3) is 3.03. The van der Waals surface area contributed by atoms with E-state index in [0.29, 0.717) is 23.8 Å². The minimum absolute atomic E-state index is 0.0962. The van der Waals surface area contributed by atoms with Crippen molar-refractivity contribution in [3.05, 3.63) is 47.4 Å². The van der Waals surface area contributed by atoms with Crippen LogP contribution < -0.4 is 9.47 Å². The number of methoxy groups -OCH3 is 2. The van der Waals surface area contributed by atoms with E-state index in [1.165, 1.54) is 0 Å². The molecule has 1 aromatic heterocycles. The van der Waals surface area contributed by atoms with Gasteiger partial charge >= 0.3 is 0 Å².